The average Bonchev–Trinajstić information content (AvgIpc) is 2.91. The van der Waals surface area contributed by atoms with Crippen molar-refractivity contribution in [3.8, 4) is 0 Å². The Labute approximate surface area is 155 Å². The smallest absolute Gasteiger partial charge is 0.396 e. The molecule has 0 saturated carbocycles. The molecular weight excluding hydrogens is 389 g/mol. The van der Waals surface area contributed by atoms with E-state index in [2.05, 4.69) is 0 Å². The van der Waals surface area contributed by atoms with E-state index in [1.54, 1.807) is 6.92 Å². The Kier molecular flexibility index (Phi) is 11.1. The molecule has 0 aromatic heterocycles. The van der Waals surface area contributed by atoms with E-state index in [9.17, 15) is 9.13 Å². The van der Waals surface area contributed by atoms with Gasteiger partial charge in [0, 0.05) is 26.8 Å². The van der Waals surface area contributed by atoms with Gasteiger partial charge in [0.1, 0.15) is 7.85 Å². The van der Waals surface area contributed by atoms with Crippen LogP contribution in [0.1, 0.15) is 26.2 Å². The molecule has 1 rings (SSSR count). The van der Waals surface area contributed by atoms with E-state index in [1.165, 1.54) is 14.2 Å². The molecule has 5 unspecified atom stereocenters. The third kappa shape index (κ3) is 8.48. The third-order valence-electron chi connectivity index (χ3n) is 3.43. The van der Waals surface area contributed by atoms with Gasteiger partial charge in [-0.15, -0.1) is 0 Å². The second-order valence-electron chi connectivity index (χ2n) is 5.45. The summed E-state index contributed by atoms with van der Waals surface area (Å²) in [4.78, 5) is 0. The van der Waals surface area contributed by atoms with E-state index in [-0.39, 0.29) is 39.0 Å². The molecular formula is C13H27BO10P2. The number of aliphatic hydroxyl groups is 1. The van der Waals surface area contributed by atoms with Crippen LogP contribution in [-0.4, -0.2) is 71.8 Å². The van der Waals surface area contributed by atoms with Gasteiger partial charge in [0.05, 0.1) is 32.0 Å². The van der Waals surface area contributed by atoms with E-state index in [4.69, 9.17) is 44.8 Å². The van der Waals surface area contributed by atoms with Crippen LogP contribution >= 0.6 is 15.6 Å². The van der Waals surface area contributed by atoms with Gasteiger partial charge in [-0.25, -0.2) is 9.13 Å². The number of aliphatic hydroxyl groups excluding tert-OH is 1. The fraction of sp³-hybridized carbons (Fsp3) is 1.00. The van der Waals surface area contributed by atoms with Crippen LogP contribution in [0, 0.1) is 0 Å². The molecule has 10 nitrogen and oxygen atoms in total. The zero-order valence-electron chi connectivity index (χ0n) is 15.3. The minimum Gasteiger partial charge on any atom is -0.396 e. The minimum atomic E-state index is -3.77. The predicted molar refractivity (Wildman–Crippen MR) is 93.0 cm³/mol. The van der Waals surface area contributed by atoms with Crippen molar-refractivity contribution in [1.82, 2.24) is 0 Å². The zero-order valence-corrected chi connectivity index (χ0v) is 17.1. The Hall–Kier alpha value is 0.205. The van der Waals surface area contributed by atoms with Gasteiger partial charge < -0.3 is 9.84 Å². The third-order valence-corrected chi connectivity index (χ3v) is 6.35. The summed E-state index contributed by atoms with van der Waals surface area (Å²) in [5.41, 5.74) is 0. The molecule has 0 bridgehead atoms. The quantitative estimate of drug-likeness (QED) is 0.256. The Morgan fingerprint density at radius 1 is 1.04 bits per heavy atom. The number of phosphoric ester groups is 2. The van der Waals surface area contributed by atoms with E-state index < -0.39 is 27.8 Å². The van der Waals surface area contributed by atoms with Crippen molar-refractivity contribution in [2.45, 2.75) is 44.4 Å². The molecule has 0 aliphatic carbocycles. The standard InChI is InChI=1S/C13H27BO10P2/c1-11-12(10-13(14)23-11)24-26(17,19-3)22-9-5-8-21-25(16,18-2)20-7-4-6-15/h11-13,15H,4-10H2,1-3H3. The summed E-state index contributed by atoms with van der Waals surface area (Å²) in [7, 11) is 0.607. The highest BCUT2D eigenvalue weighted by atomic mass is 31.2. The lowest BCUT2D eigenvalue weighted by Crippen LogP contribution is -2.21. The van der Waals surface area contributed by atoms with Crippen molar-refractivity contribution in [2.75, 3.05) is 40.6 Å². The molecule has 13 heteroatoms. The molecule has 152 valence electrons. The van der Waals surface area contributed by atoms with Crippen LogP contribution in [0.5, 0.6) is 0 Å². The predicted octanol–water partition coefficient (Wildman–Crippen LogP) is 2.01. The van der Waals surface area contributed by atoms with Crippen molar-refractivity contribution in [2.24, 2.45) is 0 Å². The van der Waals surface area contributed by atoms with Crippen molar-refractivity contribution in [3.63, 3.8) is 0 Å². The summed E-state index contributed by atoms with van der Waals surface area (Å²) in [5, 5.41) is 8.68. The lowest BCUT2D eigenvalue weighted by Gasteiger charge is -2.21. The molecule has 0 aromatic carbocycles. The van der Waals surface area contributed by atoms with Crippen molar-refractivity contribution in [1.29, 1.82) is 0 Å². The van der Waals surface area contributed by atoms with Crippen molar-refractivity contribution in [3.05, 3.63) is 0 Å². The fourth-order valence-corrected chi connectivity index (χ4v) is 4.24. The summed E-state index contributed by atoms with van der Waals surface area (Å²) in [6.45, 7) is 1.64. The monoisotopic (exact) mass is 416 g/mol. The van der Waals surface area contributed by atoms with Crippen LogP contribution in [0.2, 0.25) is 0 Å². The number of ether oxygens (including phenoxy) is 1. The highest BCUT2D eigenvalue weighted by Gasteiger charge is 2.37. The maximum atomic E-state index is 12.4. The molecule has 0 amide bonds. The van der Waals surface area contributed by atoms with Crippen LogP contribution < -0.4 is 0 Å². The fourth-order valence-electron chi connectivity index (χ4n) is 2.06. The first kappa shape index (κ1) is 24.2. The number of rotatable bonds is 14. The van der Waals surface area contributed by atoms with E-state index in [0.717, 1.165) is 0 Å². The van der Waals surface area contributed by atoms with E-state index in [0.29, 0.717) is 12.8 Å². The summed E-state index contributed by atoms with van der Waals surface area (Å²) >= 11 is 0. The molecule has 0 spiro atoms. The number of phosphoric acid groups is 2. The van der Waals surface area contributed by atoms with Crippen LogP contribution in [0.15, 0.2) is 0 Å². The van der Waals surface area contributed by atoms with Gasteiger partial charge >= 0.3 is 15.6 Å². The maximum Gasteiger partial charge on any atom is 0.474 e. The van der Waals surface area contributed by atoms with Crippen LogP contribution in [0.25, 0.3) is 0 Å². The van der Waals surface area contributed by atoms with Gasteiger partial charge in [-0.05, 0) is 26.2 Å². The van der Waals surface area contributed by atoms with Gasteiger partial charge in [0.25, 0.3) is 0 Å². The Bertz CT molecular complexity index is 494. The molecule has 26 heavy (non-hydrogen) atoms. The summed E-state index contributed by atoms with van der Waals surface area (Å²) < 4.78 is 60.1. The Balaban J connectivity index is 2.33. The van der Waals surface area contributed by atoms with Gasteiger partial charge in [-0.2, -0.15) is 0 Å². The molecule has 1 aliphatic heterocycles. The Morgan fingerprint density at radius 3 is 2.04 bits per heavy atom. The molecule has 2 radical (unpaired) electrons. The number of hydrogen-bond acceptors (Lipinski definition) is 10. The molecule has 1 heterocycles. The first-order valence-electron chi connectivity index (χ1n) is 8.23. The average molecular weight is 416 g/mol. The lowest BCUT2D eigenvalue weighted by molar-refractivity contribution is 0.0298. The van der Waals surface area contributed by atoms with Crippen LogP contribution in [0.4, 0.5) is 0 Å². The highest BCUT2D eigenvalue weighted by Crippen LogP contribution is 2.52. The van der Waals surface area contributed by atoms with Gasteiger partial charge in [-0.1, -0.05) is 0 Å². The second kappa shape index (κ2) is 11.9. The number of hydrogen-bond donors (Lipinski definition) is 1. The molecule has 1 saturated heterocycles. The lowest BCUT2D eigenvalue weighted by atomic mass is 9.96. The maximum absolute atomic E-state index is 12.4. The van der Waals surface area contributed by atoms with Crippen LogP contribution in [-0.2, 0) is 41.0 Å². The van der Waals surface area contributed by atoms with Crippen LogP contribution in [0.3, 0.4) is 0 Å². The SMILES string of the molecule is [B]C1CC(OP(=O)(OC)OCCCOP(=O)(OC)OCCCO)C(C)O1. The first-order chi connectivity index (χ1) is 12.3. The van der Waals surface area contributed by atoms with Gasteiger partial charge in [0.15, 0.2) is 0 Å². The van der Waals surface area contributed by atoms with Gasteiger partial charge in [0.2, 0.25) is 0 Å². The summed E-state index contributed by atoms with van der Waals surface area (Å²) in [6, 6.07) is -0.484. The molecule has 0 aromatic rings. The topological polar surface area (TPSA) is 119 Å². The largest absolute Gasteiger partial charge is 0.474 e. The molecule has 1 aliphatic rings. The van der Waals surface area contributed by atoms with E-state index in [1.807, 2.05) is 0 Å². The molecule has 1 N–H and O–H groups in total. The van der Waals surface area contributed by atoms with E-state index >= 15 is 0 Å². The summed E-state index contributed by atoms with van der Waals surface area (Å²) in [5.74, 6) is 0. The normalized spacial score (nSPS) is 27.9. The van der Waals surface area contributed by atoms with Crippen molar-refractivity contribution >= 4 is 23.5 Å². The van der Waals surface area contributed by atoms with Gasteiger partial charge in [-0.3, -0.25) is 27.1 Å². The second-order valence-corrected chi connectivity index (χ2v) is 8.95. The molecule has 5 atom stereocenters. The summed E-state index contributed by atoms with van der Waals surface area (Å²) in [6.07, 6.45) is 0.0956. The molecule has 1 fully saturated rings. The first-order valence-corrected chi connectivity index (χ1v) is 11.1. The zero-order chi connectivity index (χ0) is 19.6. The Morgan fingerprint density at radius 2 is 1.58 bits per heavy atom. The highest BCUT2D eigenvalue weighted by molar-refractivity contribution is 7.48. The van der Waals surface area contributed by atoms with Crippen molar-refractivity contribution < 1.29 is 46.1 Å². The minimum absolute atomic E-state index is 0.0260.